The first kappa shape index (κ1) is 17.4. The van der Waals surface area contributed by atoms with E-state index in [2.05, 4.69) is 82.0 Å². The second-order valence-corrected chi connectivity index (χ2v) is 14.4. The Morgan fingerprint density at radius 3 is 2.35 bits per heavy atom. The van der Waals surface area contributed by atoms with E-state index in [4.69, 9.17) is 4.98 Å². The molecule has 0 amide bonds. The highest BCUT2D eigenvalue weighted by atomic mass is 32.1. The zero-order valence-electron chi connectivity index (χ0n) is 16.1. The van der Waals surface area contributed by atoms with Gasteiger partial charge >= 0.3 is 0 Å². The molecule has 0 spiro atoms. The number of fused-ring (bicyclic) bond motifs is 3. The van der Waals surface area contributed by atoms with E-state index in [1.54, 1.807) is 5.19 Å². The Morgan fingerprint density at radius 1 is 0.923 bits per heavy atom. The standard InChI is InChI=1S/C23H25NSSi/c1-15(2)16-10-12-19(24-14-16)17-11-13-21(26(3,4)5)22-18-8-6-7-9-20(18)25-23(17)22/h6-15H,1-5H3. The van der Waals surface area contributed by atoms with E-state index in [-0.39, 0.29) is 0 Å². The molecule has 1 nitrogen and oxygen atoms in total. The Kier molecular flexibility index (Phi) is 4.24. The number of hydrogen-bond acceptors (Lipinski definition) is 2. The fourth-order valence-corrected chi connectivity index (χ4v) is 6.50. The predicted molar refractivity (Wildman–Crippen MR) is 120 cm³/mol. The van der Waals surface area contributed by atoms with Gasteiger partial charge < -0.3 is 0 Å². The second kappa shape index (κ2) is 6.33. The lowest BCUT2D eigenvalue weighted by atomic mass is 10.0. The van der Waals surface area contributed by atoms with E-state index in [1.165, 1.54) is 31.3 Å². The molecule has 0 N–H and O–H groups in total. The van der Waals surface area contributed by atoms with Crippen molar-refractivity contribution in [3.63, 3.8) is 0 Å². The van der Waals surface area contributed by atoms with Gasteiger partial charge in [0.15, 0.2) is 0 Å². The zero-order chi connectivity index (χ0) is 18.5. The molecule has 0 fully saturated rings. The molecule has 4 aromatic rings. The van der Waals surface area contributed by atoms with Crippen molar-refractivity contribution in [3.05, 3.63) is 60.3 Å². The fourth-order valence-electron chi connectivity index (χ4n) is 3.56. The van der Waals surface area contributed by atoms with Gasteiger partial charge in [-0.3, -0.25) is 4.98 Å². The molecule has 2 heterocycles. The minimum Gasteiger partial charge on any atom is -0.256 e. The summed E-state index contributed by atoms with van der Waals surface area (Å²) >= 11 is 1.91. The third kappa shape index (κ3) is 2.89. The van der Waals surface area contributed by atoms with Gasteiger partial charge in [-0.1, -0.05) is 75.1 Å². The molecule has 26 heavy (non-hydrogen) atoms. The van der Waals surface area contributed by atoms with Gasteiger partial charge in [-0.15, -0.1) is 11.3 Å². The molecule has 0 saturated carbocycles. The van der Waals surface area contributed by atoms with Crippen molar-refractivity contribution < 1.29 is 0 Å². The summed E-state index contributed by atoms with van der Waals surface area (Å²) in [5, 5.41) is 4.40. The number of pyridine rings is 1. The van der Waals surface area contributed by atoms with E-state index in [0.717, 1.165) is 5.69 Å². The van der Waals surface area contributed by atoms with Gasteiger partial charge in [-0.05, 0) is 23.6 Å². The van der Waals surface area contributed by atoms with Gasteiger partial charge in [0.25, 0.3) is 0 Å². The van der Waals surface area contributed by atoms with Crippen LogP contribution in [0, 0.1) is 0 Å². The molecule has 0 aliphatic heterocycles. The third-order valence-corrected chi connectivity index (χ3v) is 8.30. The molecule has 0 saturated heterocycles. The molecule has 4 rings (SSSR count). The van der Waals surface area contributed by atoms with E-state index in [0.29, 0.717) is 5.92 Å². The van der Waals surface area contributed by atoms with Crippen LogP contribution in [0.4, 0.5) is 0 Å². The molecule has 0 aliphatic carbocycles. The lowest BCUT2D eigenvalue weighted by Gasteiger charge is -2.19. The maximum atomic E-state index is 4.80. The van der Waals surface area contributed by atoms with Crippen LogP contribution in [0.3, 0.4) is 0 Å². The highest BCUT2D eigenvalue weighted by Gasteiger charge is 2.23. The van der Waals surface area contributed by atoms with Crippen molar-refractivity contribution in [2.75, 3.05) is 0 Å². The van der Waals surface area contributed by atoms with Crippen molar-refractivity contribution in [1.29, 1.82) is 0 Å². The zero-order valence-corrected chi connectivity index (χ0v) is 17.9. The average Bonchev–Trinajstić information content (AvgIpc) is 2.99. The van der Waals surface area contributed by atoms with Crippen LogP contribution < -0.4 is 5.19 Å². The molecular formula is C23H25NSSi. The normalized spacial score (nSPS) is 12.4. The van der Waals surface area contributed by atoms with Crippen LogP contribution in [-0.4, -0.2) is 13.1 Å². The van der Waals surface area contributed by atoms with Crippen molar-refractivity contribution in [3.8, 4) is 11.3 Å². The topological polar surface area (TPSA) is 12.9 Å². The lowest BCUT2D eigenvalue weighted by Crippen LogP contribution is -2.37. The Balaban J connectivity index is 2.03. The highest BCUT2D eigenvalue weighted by molar-refractivity contribution is 7.26. The van der Waals surface area contributed by atoms with Gasteiger partial charge in [0, 0.05) is 31.9 Å². The Hall–Kier alpha value is -1.97. The summed E-state index contributed by atoms with van der Waals surface area (Å²) in [6.45, 7) is 11.7. The number of rotatable bonds is 3. The Bertz CT molecular complexity index is 1090. The molecule has 0 atom stereocenters. The van der Waals surface area contributed by atoms with Crippen LogP contribution in [0.2, 0.25) is 19.6 Å². The minimum atomic E-state index is -1.44. The number of nitrogens with zero attached hydrogens (tertiary/aromatic N) is 1. The van der Waals surface area contributed by atoms with E-state index in [9.17, 15) is 0 Å². The monoisotopic (exact) mass is 375 g/mol. The number of benzene rings is 2. The molecule has 2 aromatic carbocycles. The first-order valence-corrected chi connectivity index (χ1v) is 13.6. The maximum absolute atomic E-state index is 4.80. The van der Waals surface area contributed by atoms with Gasteiger partial charge in [0.2, 0.25) is 0 Å². The Morgan fingerprint density at radius 2 is 1.69 bits per heavy atom. The highest BCUT2D eigenvalue weighted by Crippen LogP contribution is 2.39. The van der Waals surface area contributed by atoms with Crippen LogP contribution in [0.15, 0.2) is 54.7 Å². The lowest BCUT2D eigenvalue weighted by molar-refractivity contribution is 0.859. The predicted octanol–water partition coefficient (Wildman–Crippen LogP) is 6.79. The quantitative estimate of drug-likeness (QED) is 0.359. The Labute approximate surface area is 160 Å². The first-order valence-electron chi connectivity index (χ1n) is 9.27. The minimum absolute atomic E-state index is 0.509. The van der Waals surface area contributed by atoms with Gasteiger partial charge in [-0.2, -0.15) is 0 Å². The van der Waals surface area contributed by atoms with Crippen molar-refractivity contribution >= 4 is 44.8 Å². The van der Waals surface area contributed by atoms with Crippen molar-refractivity contribution in [2.45, 2.75) is 39.4 Å². The SMILES string of the molecule is CC(C)c1ccc(-c2ccc([Si](C)(C)C)c3c2sc2ccccc23)nc1. The molecule has 3 heteroatoms. The molecule has 0 unspecified atom stereocenters. The van der Waals surface area contributed by atoms with Crippen LogP contribution in [-0.2, 0) is 0 Å². The summed E-state index contributed by atoms with van der Waals surface area (Å²) in [6.07, 6.45) is 2.03. The summed E-state index contributed by atoms with van der Waals surface area (Å²) < 4.78 is 2.75. The van der Waals surface area contributed by atoms with E-state index in [1.807, 2.05) is 17.5 Å². The number of thiophene rings is 1. The van der Waals surface area contributed by atoms with Crippen LogP contribution in [0.5, 0.6) is 0 Å². The number of aromatic nitrogens is 1. The maximum Gasteiger partial charge on any atom is 0.0784 e. The molecule has 0 radical (unpaired) electrons. The van der Waals surface area contributed by atoms with Gasteiger partial charge in [-0.25, -0.2) is 0 Å². The first-order chi connectivity index (χ1) is 12.4. The molecule has 2 aromatic heterocycles. The summed E-state index contributed by atoms with van der Waals surface area (Å²) in [5.41, 5.74) is 3.63. The molecular weight excluding hydrogens is 350 g/mol. The summed E-state index contributed by atoms with van der Waals surface area (Å²) in [6, 6.07) is 17.9. The molecule has 132 valence electrons. The fraction of sp³-hybridized carbons (Fsp3) is 0.261. The second-order valence-electron chi connectivity index (χ2n) is 8.34. The summed E-state index contributed by atoms with van der Waals surface area (Å²) in [5.74, 6) is 0.509. The van der Waals surface area contributed by atoms with E-state index >= 15 is 0 Å². The van der Waals surface area contributed by atoms with Crippen molar-refractivity contribution in [2.24, 2.45) is 0 Å². The van der Waals surface area contributed by atoms with Gasteiger partial charge in [0.05, 0.1) is 13.8 Å². The average molecular weight is 376 g/mol. The molecule has 0 bridgehead atoms. The van der Waals surface area contributed by atoms with Gasteiger partial charge in [0.1, 0.15) is 0 Å². The van der Waals surface area contributed by atoms with E-state index < -0.39 is 8.07 Å². The number of hydrogen-bond donors (Lipinski definition) is 0. The van der Waals surface area contributed by atoms with Crippen molar-refractivity contribution in [1.82, 2.24) is 4.98 Å². The molecule has 0 aliphatic rings. The summed E-state index contributed by atoms with van der Waals surface area (Å²) in [4.78, 5) is 4.80. The van der Waals surface area contributed by atoms with Crippen LogP contribution >= 0.6 is 11.3 Å². The smallest absolute Gasteiger partial charge is 0.0784 e. The largest absolute Gasteiger partial charge is 0.256 e. The van der Waals surface area contributed by atoms with Crippen LogP contribution in [0.25, 0.3) is 31.4 Å². The summed E-state index contributed by atoms with van der Waals surface area (Å²) in [7, 11) is -1.44. The third-order valence-electron chi connectivity index (χ3n) is 5.06. The van der Waals surface area contributed by atoms with Crippen LogP contribution in [0.1, 0.15) is 25.3 Å².